The van der Waals surface area contributed by atoms with Crippen LogP contribution in [0.1, 0.15) is 40.0 Å². The lowest BCUT2D eigenvalue weighted by atomic mass is 9.99. The molecule has 0 aliphatic carbocycles. The van der Waals surface area contributed by atoms with Crippen LogP contribution in [0.2, 0.25) is 0 Å². The summed E-state index contributed by atoms with van der Waals surface area (Å²) in [4.78, 5) is 11.3. The minimum Gasteiger partial charge on any atom is -0.371 e. The van der Waals surface area contributed by atoms with Crippen molar-refractivity contribution in [2.75, 3.05) is 7.11 Å². The Kier molecular flexibility index (Phi) is 4.34. The third-order valence-corrected chi connectivity index (χ3v) is 1.94. The number of carbonyl (C=O) groups excluding carboxylic acids is 1. The van der Waals surface area contributed by atoms with Crippen molar-refractivity contribution in [2.45, 2.75) is 45.6 Å². The number of Topliss-reactive ketones (excluding diaryl/α,β-unsaturated/α-hetero) is 1. The van der Waals surface area contributed by atoms with Gasteiger partial charge in [0.05, 0.1) is 0 Å². The summed E-state index contributed by atoms with van der Waals surface area (Å²) in [5.41, 5.74) is -0.588. The maximum Gasteiger partial charge on any atom is 0.164 e. The van der Waals surface area contributed by atoms with Gasteiger partial charge >= 0.3 is 0 Å². The average Bonchev–Trinajstić information content (AvgIpc) is 2.00. The first kappa shape index (κ1) is 10.6. The van der Waals surface area contributed by atoms with Gasteiger partial charge < -0.3 is 4.74 Å². The van der Waals surface area contributed by atoms with Crippen LogP contribution in [0.5, 0.6) is 0 Å². The monoisotopic (exact) mass is 158 g/mol. The molecule has 0 bridgehead atoms. The SMILES string of the molecule is CCCCC(=O)C(C)(C)OC. The van der Waals surface area contributed by atoms with Crippen molar-refractivity contribution in [1.29, 1.82) is 0 Å². The molecule has 0 N–H and O–H groups in total. The zero-order chi connectivity index (χ0) is 8.91. The van der Waals surface area contributed by atoms with Gasteiger partial charge in [-0.1, -0.05) is 13.3 Å². The number of methoxy groups -OCH3 is 1. The zero-order valence-electron chi connectivity index (χ0n) is 7.94. The van der Waals surface area contributed by atoms with E-state index in [9.17, 15) is 4.79 Å². The Balaban J connectivity index is 3.82. The van der Waals surface area contributed by atoms with Crippen molar-refractivity contribution >= 4 is 5.78 Å². The van der Waals surface area contributed by atoms with Crippen LogP contribution >= 0.6 is 0 Å². The first-order chi connectivity index (χ1) is 5.04. The fourth-order valence-corrected chi connectivity index (χ4v) is 0.752. The molecule has 0 heterocycles. The summed E-state index contributed by atoms with van der Waals surface area (Å²) in [7, 11) is 1.57. The Hall–Kier alpha value is -0.370. The second-order valence-corrected chi connectivity index (χ2v) is 3.24. The molecular weight excluding hydrogens is 140 g/mol. The molecule has 0 aromatic rings. The van der Waals surface area contributed by atoms with Gasteiger partial charge in [0.25, 0.3) is 0 Å². The van der Waals surface area contributed by atoms with Crippen molar-refractivity contribution in [3.05, 3.63) is 0 Å². The first-order valence-electron chi connectivity index (χ1n) is 4.13. The number of ether oxygens (including phenoxy) is 1. The van der Waals surface area contributed by atoms with Crippen LogP contribution in [0.4, 0.5) is 0 Å². The zero-order valence-corrected chi connectivity index (χ0v) is 7.94. The lowest BCUT2D eigenvalue weighted by Crippen LogP contribution is -2.33. The van der Waals surface area contributed by atoms with Gasteiger partial charge in [0.1, 0.15) is 5.60 Å². The summed E-state index contributed by atoms with van der Waals surface area (Å²) in [6.45, 7) is 5.70. The van der Waals surface area contributed by atoms with Gasteiger partial charge in [-0.3, -0.25) is 4.79 Å². The minimum absolute atomic E-state index is 0.196. The first-order valence-corrected chi connectivity index (χ1v) is 4.13. The summed E-state index contributed by atoms with van der Waals surface area (Å²) in [5.74, 6) is 0.196. The number of ketones is 1. The fraction of sp³-hybridized carbons (Fsp3) is 0.889. The van der Waals surface area contributed by atoms with E-state index in [4.69, 9.17) is 4.74 Å². The van der Waals surface area contributed by atoms with E-state index in [0.29, 0.717) is 6.42 Å². The van der Waals surface area contributed by atoms with Crippen molar-refractivity contribution in [2.24, 2.45) is 0 Å². The normalized spacial score (nSPS) is 11.6. The molecule has 0 saturated carbocycles. The van der Waals surface area contributed by atoms with Crippen LogP contribution in [0.25, 0.3) is 0 Å². The van der Waals surface area contributed by atoms with Crippen LogP contribution in [0, 0.1) is 0 Å². The summed E-state index contributed by atoms with van der Waals surface area (Å²) in [6, 6.07) is 0. The van der Waals surface area contributed by atoms with E-state index in [0.717, 1.165) is 12.8 Å². The molecule has 0 aromatic heterocycles. The lowest BCUT2D eigenvalue weighted by molar-refractivity contribution is -0.137. The Bertz CT molecular complexity index is 128. The molecule has 0 fully saturated rings. The van der Waals surface area contributed by atoms with Gasteiger partial charge in [-0.15, -0.1) is 0 Å². The van der Waals surface area contributed by atoms with Crippen molar-refractivity contribution in [3.8, 4) is 0 Å². The molecule has 0 radical (unpaired) electrons. The fourth-order valence-electron chi connectivity index (χ4n) is 0.752. The van der Waals surface area contributed by atoms with Crippen LogP contribution in [0.3, 0.4) is 0 Å². The van der Waals surface area contributed by atoms with Crippen molar-refractivity contribution in [3.63, 3.8) is 0 Å². The Morgan fingerprint density at radius 2 is 2.00 bits per heavy atom. The molecule has 0 spiro atoms. The van der Waals surface area contributed by atoms with Crippen LogP contribution in [0.15, 0.2) is 0 Å². The molecule has 0 unspecified atom stereocenters. The highest BCUT2D eigenvalue weighted by Crippen LogP contribution is 2.13. The molecular formula is C9H18O2. The highest BCUT2D eigenvalue weighted by Gasteiger charge is 2.25. The van der Waals surface area contributed by atoms with Crippen LogP contribution < -0.4 is 0 Å². The van der Waals surface area contributed by atoms with E-state index < -0.39 is 5.60 Å². The molecule has 0 saturated heterocycles. The molecule has 0 aliphatic heterocycles. The number of hydrogen-bond donors (Lipinski definition) is 0. The standard InChI is InChI=1S/C9H18O2/c1-5-6-7-8(10)9(2,3)11-4/h5-7H2,1-4H3. The lowest BCUT2D eigenvalue weighted by Gasteiger charge is -2.20. The Labute approximate surface area is 68.9 Å². The Morgan fingerprint density at radius 3 is 2.36 bits per heavy atom. The van der Waals surface area contributed by atoms with E-state index in [1.807, 2.05) is 13.8 Å². The van der Waals surface area contributed by atoms with Gasteiger partial charge in [-0.2, -0.15) is 0 Å². The smallest absolute Gasteiger partial charge is 0.164 e. The molecule has 2 heteroatoms. The third-order valence-electron chi connectivity index (χ3n) is 1.94. The Morgan fingerprint density at radius 1 is 1.45 bits per heavy atom. The maximum absolute atomic E-state index is 11.3. The molecule has 0 rings (SSSR count). The highest BCUT2D eigenvalue weighted by molar-refractivity contribution is 5.86. The summed E-state index contributed by atoms with van der Waals surface area (Å²) < 4.78 is 5.05. The topological polar surface area (TPSA) is 26.3 Å². The van der Waals surface area contributed by atoms with Crippen molar-refractivity contribution < 1.29 is 9.53 Å². The molecule has 0 aromatic carbocycles. The van der Waals surface area contributed by atoms with Gasteiger partial charge in [-0.05, 0) is 20.3 Å². The molecule has 0 atom stereocenters. The van der Waals surface area contributed by atoms with Gasteiger partial charge in [0.15, 0.2) is 5.78 Å². The number of rotatable bonds is 5. The maximum atomic E-state index is 11.3. The van der Waals surface area contributed by atoms with Crippen molar-refractivity contribution in [1.82, 2.24) is 0 Å². The van der Waals surface area contributed by atoms with Crippen LogP contribution in [-0.4, -0.2) is 18.5 Å². The van der Waals surface area contributed by atoms with E-state index in [2.05, 4.69) is 6.92 Å². The molecule has 0 amide bonds. The highest BCUT2D eigenvalue weighted by atomic mass is 16.5. The molecule has 66 valence electrons. The van der Waals surface area contributed by atoms with E-state index >= 15 is 0 Å². The van der Waals surface area contributed by atoms with Crippen LogP contribution in [-0.2, 0) is 9.53 Å². The summed E-state index contributed by atoms with van der Waals surface area (Å²) in [6.07, 6.45) is 2.66. The molecule has 2 nitrogen and oxygen atoms in total. The van der Waals surface area contributed by atoms with Gasteiger partial charge in [0, 0.05) is 13.5 Å². The predicted octanol–water partition coefficient (Wildman–Crippen LogP) is 2.17. The predicted molar refractivity (Wildman–Crippen MR) is 45.6 cm³/mol. The van der Waals surface area contributed by atoms with E-state index in [1.54, 1.807) is 7.11 Å². The number of carbonyl (C=O) groups is 1. The minimum atomic E-state index is -0.588. The molecule has 11 heavy (non-hydrogen) atoms. The number of unbranched alkanes of at least 4 members (excludes halogenated alkanes) is 1. The summed E-state index contributed by atoms with van der Waals surface area (Å²) >= 11 is 0. The second-order valence-electron chi connectivity index (χ2n) is 3.24. The third kappa shape index (κ3) is 3.51. The second kappa shape index (κ2) is 4.50. The molecule has 0 aliphatic rings. The largest absolute Gasteiger partial charge is 0.371 e. The van der Waals surface area contributed by atoms with E-state index in [1.165, 1.54) is 0 Å². The van der Waals surface area contributed by atoms with Gasteiger partial charge in [-0.25, -0.2) is 0 Å². The van der Waals surface area contributed by atoms with E-state index in [-0.39, 0.29) is 5.78 Å². The summed E-state index contributed by atoms with van der Waals surface area (Å²) in [5, 5.41) is 0. The van der Waals surface area contributed by atoms with Gasteiger partial charge in [0.2, 0.25) is 0 Å². The quantitative estimate of drug-likeness (QED) is 0.613. The number of hydrogen-bond acceptors (Lipinski definition) is 2. The average molecular weight is 158 g/mol.